The average Bonchev–Trinajstić information content (AvgIpc) is 3.52. The molecule has 5 aromatic rings. The second-order valence-electron chi connectivity index (χ2n) is 11.2. The third-order valence-electron chi connectivity index (χ3n) is 7.49. The predicted octanol–water partition coefficient (Wildman–Crippen LogP) is 5.43. The quantitative estimate of drug-likeness (QED) is 0.262. The fourth-order valence-corrected chi connectivity index (χ4v) is 5.67. The summed E-state index contributed by atoms with van der Waals surface area (Å²) in [7, 11) is 0. The molecular formula is C33H32N4NaO4. The first kappa shape index (κ1) is 29.8. The fourth-order valence-electron chi connectivity index (χ4n) is 5.67. The molecule has 1 radical (unpaired) electrons. The van der Waals surface area contributed by atoms with Crippen LogP contribution in [-0.4, -0.2) is 54.9 Å². The van der Waals surface area contributed by atoms with Crippen LogP contribution in [-0.2, 0) is 19.3 Å². The molecule has 0 fully saturated rings. The molecule has 3 aromatic carbocycles. The monoisotopic (exact) mass is 571 g/mol. The molecule has 0 amide bonds. The Kier molecular flexibility index (Phi) is 8.42. The van der Waals surface area contributed by atoms with Crippen LogP contribution in [0.1, 0.15) is 55.4 Å². The molecule has 0 atom stereocenters. The molecule has 9 heteroatoms. The summed E-state index contributed by atoms with van der Waals surface area (Å²) in [6, 6.07) is 21.7. The molecule has 0 saturated heterocycles. The topological polar surface area (TPSA) is 103 Å². The standard InChI is InChI=1S/C33H32N4O4.Na/c1-5-8-28-27(31(38)37(20(2)34-28)24-15-16-29-23(18-24)19-33(3,4)40-29)17-21-11-13-22(14-12-21)25-9-6-7-10-26(25)30-35-32(39)41-36-30;/h6-7,9-16,18H,5,8,17,19H2,1-4H3,(H,35,36,39);. The Labute approximate surface area is 266 Å². The van der Waals surface area contributed by atoms with Crippen molar-refractivity contribution in [2.45, 2.75) is 59.0 Å². The molecule has 209 valence electrons. The number of aromatic nitrogens is 4. The van der Waals surface area contributed by atoms with Crippen molar-refractivity contribution in [1.29, 1.82) is 0 Å². The minimum atomic E-state index is -0.595. The first-order chi connectivity index (χ1) is 19.7. The third-order valence-corrected chi connectivity index (χ3v) is 7.49. The minimum absolute atomic E-state index is 0. The van der Waals surface area contributed by atoms with E-state index in [4.69, 9.17) is 14.2 Å². The van der Waals surface area contributed by atoms with Crippen LogP contribution in [0.25, 0.3) is 28.2 Å². The van der Waals surface area contributed by atoms with Gasteiger partial charge in [-0.25, -0.2) is 9.78 Å². The Hall–Kier alpha value is -3.72. The van der Waals surface area contributed by atoms with E-state index in [-0.39, 0.29) is 40.7 Å². The molecule has 0 aliphatic carbocycles. The summed E-state index contributed by atoms with van der Waals surface area (Å²) in [6.45, 7) is 8.14. The number of hydrogen-bond donors (Lipinski definition) is 1. The number of fused-ring (bicyclic) bond motifs is 1. The van der Waals surface area contributed by atoms with E-state index >= 15 is 0 Å². The first-order valence-corrected chi connectivity index (χ1v) is 13.9. The van der Waals surface area contributed by atoms with Crippen molar-refractivity contribution in [2.75, 3.05) is 0 Å². The van der Waals surface area contributed by atoms with Crippen LogP contribution in [0.15, 0.2) is 80.8 Å². The SMILES string of the molecule is CCCc1nc(C)n(-c2ccc3c(c2)CC(C)(C)O3)c(=O)c1Cc1ccc(-c2ccccc2-c2noc(=O)[nH]2)cc1.[Na]. The van der Waals surface area contributed by atoms with Gasteiger partial charge in [-0.15, -0.1) is 0 Å². The number of nitrogens with one attached hydrogen (secondary N) is 1. The average molecular weight is 572 g/mol. The van der Waals surface area contributed by atoms with E-state index in [0.29, 0.717) is 23.6 Å². The van der Waals surface area contributed by atoms with Gasteiger partial charge >= 0.3 is 5.76 Å². The van der Waals surface area contributed by atoms with E-state index in [0.717, 1.165) is 64.2 Å². The molecule has 0 bridgehead atoms. The van der Waals surface area contributed by atoms with Gasteiger partial charge in [-0.05, 0) is 62.1 Å². The van der Waals surface area contributed by atoms with Crippen molar-refractivity contribution in [1.82, 2.24) is 19.7 Å². The van der Waals surface area contributed by atoms with Crippen LogP contribution in [0.5, 0.6) is 5.75 Å². The predicted molar refractivity (Wildman–Crippen MR) is 164 cm³/mol. The number of benzene rings is 3. The number of rotatable bonds is 7. The molecule has 42 heavy (non-hydrogen) atoms. The van der Waals surface area contributed by atoms with Crippen LogP contribution in [0.3, 0.4) is 0 Å². The third kappa shape index (κ3) is 5.79. The van der Waals surface area contributed by atoms with Crippen molar-refractivity contribution in [3.63, 3.8) is 0 Å². The summed E-state index contributed by atoms with van der Waals surface area (Å²) in [5.41, 5.74) is 6.83. The Morgan fingerprint density at radius 1 is 1.00 bits per heavy atom. The summed E-state index contributed by atoms with van der Waals surface area (Å²) in [5.74, 6) is 1.34. The van der Waals surface area contributed by atoms with Gasteiger partial charge in [0.1, 0.15) is 17.2 Å². The van der Waals surface area contributed by atoms with Crippen LogP contribution in [0.4, 0.5) is 0 Å². The van der Waals surface area contributed by atoms with Crippen LogP contribution < -0.4 is 16.1 Å². The maximum absolute atomic E-state index is 14.1. The van der Waals surface area contributed by atoms with Gasteiger partial charge < -0.3 is 4.74 Å². The molecule has 0 saturated carbocycles. The van der Waals surface area contributed by atoms with Crippen molar-refractivity contribution in [2.24, 2.45) is 0 Å². The minimum Gasteiger partial charge on any atom is -0.487 e. The second-order valence-corrected chi connectivity index (χ2v) is 11.2. The molecule has 2 aromatic heterocycles. The molecule has 1 aliphatic heterocycles. The number of nitrogens with zero attached hydrogens (tertiary/aromatic N) is 3. The zero-order valence-electron chi connectivity index (χ0n) is 24.7. The molecule has 1 N–H and O–H groups in total. The molecule has 0 spiro atoms. The van der Waals surface area contributed by atoms with E-state index in [1.54, 1.807) is 4.57 Å². The Balaban J connectivity index is 0.00000353. The number of aryl methyl sites for hydroxylation is 2. The van der Waals surface area contributed by atoms with Crippen molar-refractivity contribution < 1.29 is 9.26 Å². The number of H-pyrrole nitrogens is 1. The smallest absolute Gasteiger partial charge is 0.439 e. The summed E-state index contributed by atoms with van der Waals surface area (Å²) in [6.07, 6.45) is 2.90. The van der Waals surface area contributed by atoms with E-state index in [1.807, 2.05) is 67.6 Å². The molecule has 8 nitrogen and oxygen atoms in total. The summed E-state index contributed by atoms with van der Waals surface area (Å²) in [5, 5.41) is 3.85. The molecule has 1 aliphatic rings. The summed E-state index contributed by atoms with van der Waals surface area (Å²) in [4.78, 5) is 33.1. The molecular weight excluding hydrogens is 539 g/mol. The van der Waals surface area contributed by atoms with Gasteiger partial charge in [-0.3, -0.25) is 18.9 Å². The van der Waals surface area contributed by atoms with E-state index in [9.17, 15) is 9.59 Å². The fraction of sp³-hybridized carbons (Fsp3) is 0.273. The van der Waals surface area contributed by atoms with Gasteiger partial charge in [-0.2, -0.15) is 0 Å². The van der Waals surface area contributed by atoms with Crippen molar-refractivity contribution in [3.05, 3.63) is 116 Å². The van der Waals surface area contributed by atoms with Gasteiger partial charge in [0.2, 0.25) is 0 Å². The summed E-state index contributed by atoms with van der Waals surface area (Å²) < 4.78 is 12.5. The van der Waals surface area contributed by atoms with Crippen molar-refractivity contribution >= 4 is 29.6 Å². The van der Waals surface area contributed by atoms with Gasteiger partial charge in [-0.1, -0.05) is 67.0 Å². The maximum Gasteiger partial charge on any atom is 0.439 e. The second kappa shape index (κ2) is 11.9. The first-order valence-electron chi connectivity index (χ1n) is 13.9. The normalized spacial score (nSPS) is 13.3. The Morgan fingerprint density at radius 2 is 1.74 bits per heavy atom. The van der Waals surface area contributed by atoms with E-state index in [1.165, 1.54) is 0 Å². The maximum atomic E-state index is 14.1. The Bertz CT molecular complexity index is 1870. The number of ether oxygens (including phenoxy) is 1. The van der Waals surface area contributed by atoms with E-state index in [2.05, 4.69) is 37.0 Å². The van der Waals surface area contributed by atoms with Gasteiger partial charge in [0, 0.05) is 59.1 Å². The molecule has 6 rings (SSSR count). The van der Waals surface area contributed by atoms with Crippen LogP contribution in [0, 0.1) is 6.92 Å². The van der Waals surface area contributed by atoms with Crippen molar-refractivity contribution in [3.8, 4) is 34.0 Å². The van der Waals surface area contributed by atoms with E-state index < -0.39 is 5.76 Å². The molecule has 3 heterocycles. The molecule has 0 unspecified atom stereocenters. The summed E-state index contributed by atoms with van der Waals surface area (Å²) >= 11 is 0. The van der Waals surface area contributed by atoms with Crippen LogP contribution >= 0.6 is 0 Å². The van der Waals surface area contributed by atoms with Gasteiger partial charge in [0.15, 0.2) is 5.82 Å². The Morgan fingerprint density at radius 3 is 2.43 bits per heavy atom. The zero-order valence-corrected chi connectivity index (χ0v) is 26.7. The number of hydrogen-bond acceptors (Lipinski definition) is 6. The number of aromatic amines is 1. The zero-order chi connectivity index (χ0) is 28.7. The van der Waals surface area contributed by atoms with Gasteiger partial charge in [0.25, 0.3) is 5.56 Å². The largest absolute Gasteiger partial charge is 0.487 e. The van der Waals surface area contributed by atoms with Gasteiger partial charge in [0.05, 0.1) is 11.4 Å². The van der Waals surface area contributed by atoms with Crippen LogP contribution in [0.2, 0.25) is 0 Å².